The lowest BCUT2D eigenvalue weighted by atomic mass is 10.1. The highest BCUT2D eigenvalue weighted by molar-refractivity contribution is 7.97. The number of hydrogen-bond donors (Lipinski definition) is 1. The van der Waals surface area contributed by atoms with Crippen LogP contribution in [0, 0.1) is 25.7 Å². The van der Waals surface area contributed by atoms with Crippen molar-refractivity contribution in [3.8, 4) is 11.8 Å². The van der Waals surface area contributed by atoms with Gasteiger partial charge in [-0.25, -0.2) is 0 Å². The van der Waals surface area contributed by atoms with Gasteiger partial charge >= 0.3 is 0 Å². The van der Waals surface area contributed by atoms with E-state index in [0.717, 1.165) is 16.4 Å². The first-order chi connectivity index (χ1) is 9.67. The Morgan fingerprint density at radius 3 is 2.55 bits per heavy atom. The second kappa shape index (κ2) is 7.54. The van der Waals surface area contributed by atoms with Gasteiger partial charge in [-0.15, -0.1) is 11.3 Å². The SMILES string of the molecule is Cc1cc(C)cc(CSCc2ccc(C#CCN)s2)c1. The van der Waals surface area contributed by atoms with Gasteiger partial charge in [-0.3, -0.25) is 0 Å². The lowest BCUT2D eigenvalue weighted by Gasteiger charge is -2.04. The molecule has 0 aliphatic carbocycles. The summed E-state index contributed by atoms with van der Waals surface area (Å²) in [5.74, 6) is 8.08. The van der Waals surface area contributed by atoms with Crippen LogP contribution in [0.3, 0.4) is 0 Å². The number of benzene rings is 1. The van der Waals surface area contributed by atoms with Crippen LogP contribution in [-0.2, 0) is 11.5 Å². The van der Waals surface area contributed by atoms with E-state index >= 15 is 0 Å². The Morgan fingerprint density at radius 2 is 1.85 bits per heavy atom. The molecule has 0 aliphatic rings. The first-order valence-electron chi connectivity index (χ1n) is 6.60. The van der Waals surface area contributed by atoms with Crippen LogP contribution in [0.5, 0.6) is 0 Å². The third kappa shape index (κ3) is 4.72. The minimum Gasteiger partial charge on any atom is -0.320 e. The number of rotatable bonds is 4. The normalized spacial score (nSPS) is 10.2. The highest BCUT2D eigenvalue weighted by Gasteiger charge is 2.00. The average Bonchev–Trinajstić information content (AvgIpc) is 2.83. The van der Waals surface area contributed by atoms with Crippen molar-refractivity contribution in [2.75, 3.05) is 6.54 Å². The number of hydrogen-bond acceptors (Lipinski definition) is 3. The van der Waals surface area contributed by atoms with Crippen molar-refractivity contribution in [2.45, 2.75) is 25.4 Å². The number of aryl methyl sites for hydroxylation is 2. The van der Waals surface area contributed by atoms with Crippen molar-refractivity contribution in [3.05, 3.63) is 56.8 Å². The average molecular weight is 301 g/mol. The van der Waals surface area contributed by atoms with E-state index < -0.39 is 0 Å². The van der Waals surface area contributed by atoms with Crippen LogP contribution in [0.4, 0.5) is 0 Å². The monoisotopic (exact) mass is 301 g/mol. The molecule has 1 aromatic heterocycles. The standard InChI is InChI=1S/C17H19NS2/c1-13-8-14(2)10-15(9-13)11-19-12-17-6-5-16(20-17)4-3-7-18/h5-6,8-10H,7,11-12,18H2,1-2H3. The first-order valence-corrected chi connectivity index (χ1v) is 8.57. The van der Waals surface area contributed by atoms with Crippen LogP contribution in [0.15, 0.2) is 30.3 Å². The lowest BCUT2D eigenvalue weighted by Crippen LogP contribution is -1.92. The first kappa shape index (κ1) is 15.2. The zero-order chi connectivity index (χ0) is 14.4. The largest absolute Gasteiger partial charge is 0.320 e. The molecule has 0 bridgehead atoms. The van der Waals surface area contributed by atoms with Crippen LogP contribution in [0.2, 0.25) is 0 Å². The molecule has 20 heavy (non-hydrogen) atoms. The smallest absolute Gasteiger partial charge is 0.0772 e. The van der Waals surface area contributed by atoms with Gasteiger partial charge in [0.15, 0.2) is 0 Å². The molecule has 0 aliphatic heterocycles. The molecule has 1 nitrogen and oxygen atoms in total. The summed E-state index contributed by atoms with van der Waals surface area (Å²) < 4.78 is 0. The summed E-state index contributed by atoms with van der Waals surface area (Å²) in [5, 5.41) is 0. The van der Waals surface area contributed by atoms with E-state index in [9.17, 15) is 0 Å². The number of thiophene rings is 1. The van der Waals surface area contributed by atoms with Crippen molar-refractivity contribution >= 4 is 23.1 Å². The predicted octanol–water partition coefficient (Wildman–Crippen LogP) is 4.11. The second-order valence-electron chi connectivity index (χ2n) is 4.76. The van der Waals surface area contributed by atoms with Crippen molar-refractivity contribution < 1.29 is 0 Å². The Hall–Kier alpha value is -1.21. The molecule has 0 spiro atoms. The van der Waals surface area contributed by atoms with Gasteiger partial charge in [-0.05, 0) is 31.5 Å². The van der Waals surface area contributed by atoms with Gasteiger partial charge in [-0.1, -0.05) is 41.2 Å². The maximum atomic E-state index is 5.38. The Kier molecular flexibility index (Phi) is 5.72. The topological polar surface area (TPSA) is 26.0 Å². The molecule has 0 amide bonds. The van der Waals surface area contributed by atoms with Gasteiger partial charge in [0.25, 0.3) is 0 Å². The summed E-state index contributed by atoms with van der Waals surface area (Å²) >= 11 is 3.72. The molecule has 0 atom stereocenters. The lowest BCUT2D eigenvalue weighted by molar-refractivity contribution is 1.30. The summed E-state index contributed by atoms with van der Waals surface area (Å²) in [7, 11) is 0. The summed E-state index contributed by atoms with van der Waals surface area (Å²) in [6, 6.07) is 11.0. The van der Waals surface area contributed by atoms with E-state index in [4.69, 9.17) is 5.73 Å². The molecule has 0 radical (unpaired) electrons. The molecule has 0 unspecified atom stereocenters. The molecule has 0 fully saturated rings. The quantitative estimate of drug-likeness (QED) is 0.860. The fourth-order valence-corrected chi connectivity index (χ4v) is 4.05. The van der Waals surface area contributed by atoms with Gasteiger partial charge in [0.2, 0.25) is 0 Å². The molecule has 2 rings (SSSR count). The van der Waals surface area contributed by atoms with E-state index in [1.54, 1.807) is 11.3 Å². The Morgan fingerprint density at radius 1 is 1.10 bits per heavy atom. The molecule has 3 heteroatoms. The highest BCUT2D eigenvalue weighted by Crippen LogP contribution is 2.24. The minimum atomic E-state index is 0.425. The van der Waals surface area contributed by atoms with E-state index in [-0.39, 0.29) is 0 Å². The zero-order valence-electron chi connectivity index (χ0n) is 11.9. The Labute approximate surface area is 129 Å². The predicted molar refractivity (Wildman–Crippen MR) is 91.2 cm³/mol. The van der Waals surface area contributed by atoms with Gasteiger partial charge in [-0.2, -0.15) is 11.8 Å². The second-order valence-corrected chi connectivity index (χ2v) is 6.91. The molecule has 1 aromatic carbocycles. The van der Waals surface area contributed by atoms with Crippen LogP contribution >= 0.6 is 23.1 Å². The fraction of sp³-hybridized carbons (Fsp3) is 0.294. The van der Waals surface area contributed by atoms with Crippen molar-refractivity contribution in [2.24, 2.45) is 5.73 Å². The van der Waals surface area contributed by atoms with Gasteiger partial charge in [0, 0.05) is 16.4 Å². The maximum Gasteiger partial charge on any atom is 0.0772 e. The van der Waals surface area contributed by atoms with Gasteiger partial charge in [0.1, 0.15) is 0 Å². The summed E-state index contributed by atoms with van der Waals surface area (Å²) in [4.78, 5) is 2.48. The van der Waals surface area contributed by atoms with E-state index in [0.29, 0.717) is 6.54 Å². The molecule has 104 valence electrons. The number of thioether (sulfide) groups is 1. The molecule has 2 aromatic rings. The van der Waals surface area contributed by atoms with Crippen molar-refractivity contribution in [1.82, 2.24) is 0 Å². The summed E-state index contributed by atoms with van der Waals surface area (Å²) in [5.41, 5.74) is 9.48. The molecular formula is C17H19NS2. The molecule has 0 saturated carbocycles. The molecule has 2 N–H and O–H groups in total. The summed E-state index contributed by atoms with van der Waals surface area (Å²) in [6.45, 7) is 4.74. The number of nitrogens with two attached hydrogens (primary N) is 1. The molecule has 1 heterocycles. The maximum absolute atomic E-state index is 5.38. The van der Waals surface area contributed by atoms with E-state index in [2.05, 4.69) is 56.0 Å². The third-order valence-electron chi connectivity index (χ3n) is 2.77. The third-order valence-corrected chi connectivity index (χ3v) is 5.01. The van der Waals surface area contributed by atoms with Crippen LogP contribution in [0.1, 0.15) is 26.4 Å². The Bertz CT molecular complexity index is 612. The zero-order valence-corrected chi connectivity index (χ0v) is 13.5. The van der Waals surface area contributed by atoms with E-state index in [1.165, 1.54) is 21.6 Å². The van der Waals surface area contributed by atoms with Crippen LogP contribution in [0.25, 0.3) is 0 Å². The minimum absolute atomic E-state index is 0.425. The van der Waals surface area contributed by atoms with Crippen molar-refractivity contribution in [3.63, 3.8) is 0 Å². The van der Waals surface area contributed by atoms with Crippen LogP contribution in [-0.4, -0.2) is 6.54 Å². The molecule has 0 saturated heterocycles. The Balaban J connectivity index is 1.88. The van der Waals surface area contributed by atoms with Crippen molar-refractivity contribution in [1.29, 1.82) is 0 Å². The van der Waals surface area contributed by atoms with Gasteiger partial charge in [0.05, 0.1) is 11.4 Å². The van der Waals surface area contributed by atoms with Crippen LogP contribution < -0.4 is 5.73 Å². The van der Waals surface area contributed by atoms with E-state index in [1.807, 2.05) is 11.8 Å². The molecular weight excluding hydrogens is 282 g/mol. The highest BCUT2D eigenvalue weighted by atomic mass is 32.2. The summed E-state index contributed by atoms with van der Waals surface area (Å²) in [6.07, 6.45) is 0. The fourth-order valence-electron chi connectivity index (χ4n) is 2.08. The van der Waals surface area contributed by atoms with Gasteiger partial charge < -0.3 is 5.73 Å².